The van der Waals surface area contributed by atoms with E-state index in [9.17, 15) is 18.0 Å². The van der Waals surface area contributed by atoms with Gasteiger partial charge in [-0.2, -0.15) is 9.57 Å². The van der Waals surface area contributed by atoms with Gasteiger partial charge in [0.1, 0.15) is 0 Å². The Hall–Kier alpha value is -3.22. The van der Waals surface area contributed by atoms with Gasteiger partial charge in [-0.3, -0.25) is 9.59 Å². The number of hydrogen-bond donors (Lipinski definition) is 1. The molecule has 1 aliphatic rings. The van der Waals surface area contributed by atoms with E-state index in [0.29, 0.717) is 16.7 Å². The standard InChI is InChI=1S/C23H26N4O4S/c1-23(2,3)25-21(28)18-6-8-19(9-7-18)22(29)26-12-14-27(15-13-26)32(30,31)20-10-4-17(16-24)5-11-20/h4-11H,12-15H2,1-3H3,(H,25,28). The molecule has 0 aliphatic carbocycles. The topological polar surface area (TPSA) is 111 Å². The predicted molar refractivity (Wildman–Crippen MR) is 119 cm³/mol. The largest absolute Gasteiger partial charge is 0.347 e. The van der Waals surface area contributed by atoms with Crippen LogP contribution in [0.25, 0.3) is 0 Å². The summed E-state index contributed by atoms with van der Waals surface area (Å²) in [5.41, 5.74) is 0.945. The fourth-order valence-corrected chi connectivity index (χ4v) is 4.76. The first kappa shape index (κ1) is 23.4. The van der Waals surface area contributed by atoms with Crippen molar-refractivity contribution in [1.29, 1.82) is 5.26 Å². The number of sulfonamides is 1. The predicted octanol–water partition coefficient (Wildman–Crippen LogP) is 2.23. The van der Waals surface area contributed by atoms with Crippen LogP contribution >= 0.6 is 0 Å². The normalized spacial score (nSPS) is 15.1. The Morgan fingerprint density at radius 2 is 1.44 bits per heavy atom. The molecule has 0 aromatic heterocycles. The summed E-state index contributed by atoms with van der Waals surface area (Å²) < 4.78 is 27.0. The van der Waals surface area contributed by atoms with Crippen molar-refractivity contribution in [3.63, 3.8) is 0 Å². The van der Waals surface area contributed by atoms with E-state index in [4.69, 9.17) is 5.26 Å². The molecule has 32 heavy (non-hydrogen) atoms. The molecule has 0 unspecified atom stereocenters. The molecule has 2 aromatic rings. The summed E-state index contributed by atoms with van der Waals surface area (Å²) in [4.78, 5) is 26.8. The summed E-state index contributed by atoms with van der Waals surface area (Å²) in [7, 11) is -3.69. The minimum atomic E-state index is -3.69. The number of carbonyl (C=O) groups excluding carboxylic acids is 2. The molecule has 2 amide bonds. The second-order valence-electron chi connectivity index (χ2n) is 8.61. The smallest absolute Gasteiger partial charge is 0.253 e. The number of rotatable bonds is 4. The molecule has 1 heterocycles. The van der Waals surface area contributed by atoms with Crippen LogP contribution in [0.15, 0.2) is 53.4 Å². The van der Waals surface area contributed by atoms with E-state index in [1.54, 1.807) is 29.2 Å². The molecule has 8 nitrogen and oxygen atoms in total. The molecular weight excluding hydrogens is 428 g/mol. The van der Waals surface area contributed by atoms with Crippen molar-refractivity contribution in [2.75, 3.05) is 26.2 Å². The number of benzene rings is 2. The van der Waals surface area contributed by atoms with Crippen molar-refractivity contribution < 1.29 is 18.0 Å². The molecule has 0 bridgehead atoms. The average Bonchev–Trinajstić information content (AvgIpc) is 2.77. The fourth-order valence-electron chi connectivity index (χ4n) is 3.34. The van der Waals surface area contributed by atoms with Gasteiger partial charge < -0.3 is 10.2 Å². The van der Waals surface area contributed by atoms with Gasteiger partial charge in [0.2, 0.25) is 10.0 Å². The Morgan fingerprint density at radius 3 is 1.94 bits per heavy atom. The maximum atomic E-state index is 12.8. The van der Waals surface area contributed by atoms with Gasteiger partial charge in [-0.15, -0.1) is 0 Å². The first-order valence-corrected chi connectivity index (χ1v) is 11.7. The van der Waals surface area contributed by atoms with Gasteiger partial charge in [0.25, 0.3) is 11.8 Å². The van der Waals surface area contributed by atoms with E-state index in [1.807, 2.05) is 26.8 Å². The maximum Gasteiger partial charge on any atom is 0.253 e. The lowest BCUT2D eigenvalue weighted by Gasteiger charge is -2.34. The van der Waals surface area contributed by atoms with Crippen molar-refractivity contribution in [2.24, 2.45) is 0 Å². The van der Waals surface area contributed by atoms with Crippen LogP contribution in [-0.4, -0.2) is 61.2 Å². The number of carbonyl (C=O) groups is 2. The number of nitrogens with zero attached hydrogens (tertiary/aromatic N) is 3. The third-order valence-corrected chi connectivity index (χ3v) is 6.94. The Labute approximate surface area is 188 Å². The Morgan fingerprint density at radius 1 is 0.906 bits per heavy atom. The first-order valence-electron chi connectivity index (χ1n) is 10.2. The lowest BCUT2D eigenvalue weighted by molar-refractivity contribution is 0.0697. The Kier molecular flexibility index (Phi) is 6.67. The van der Waals surface area contributed by atoms with E-state index in [2.05, 4.69) is 5.32 Å². The molecular formula is C23H26N4O4S. The molecule has 0 radical (unpaired) electrons. The number of piperazine rings is 1. The van der Waals surface area contributed by atoms with Crippen molar-refractivity contribution in [2.45, 2.75) is 31.2 Å². The van der Waals surface area contributed by atoms with E-state index in [-0.39, 0.29) is 48.4 Å². The SMILES string of the molecule is CC(C)(C)NC(=O)c1ccc(C(=O)N2CCN(S(=O)(=O)c3ccc(C#N)cc3)CC2)cc1. The van der Waals surface area contributed by atoms with Crippen molar-refractivity contribution in [1.82, 2.24) is 14.5 Å². The van der Waals surface area contributed by atoms with Gasteiger partial charge in [-0.25, -0.2) is 8.42 Å². The van der Waals surface area contributed by atoms with Crippen LogP contribution in [0.5, 0.6) is 0 Å². The van der Waals surface area contributed by atoms with E-state index in [1.165, 1.54) is 28.6 Å². The molecule has 2 aromatic carbocycles. The third-order valence-electron chi connectivity index (χ3n) is 5.03. The number of nitrogens with one attached hydrogen (secondary N) is 1. The van der Waals surface area contributed by atoms with E-state index >= 15 is 0 Å². The van der Waals surface area contributed by atoms with Gasteiger partial charge in [0.15, 0.2) is 0 Å². The van der Waals surface area contributed by atoms with Crippen LogP contribution in [0.4, 0.5) is 0 Å². The average molecular weight is 455 g/mol. The number of amides is 2. The highest BCUT2D eigenvalue weighted by Gasteiger charge is 2.30. The zero-order chi connectivity index (χ0) is 23.5. The van der Waals surface area contributed by atoms with Crippen LogP contribution < -0.4 is 5.32 Å². The Balaban J connectivity index is 1.62. The van der Waals surface area contributed by atoms with Crippen LogP contribution in [0, 0.1) is 11.3 Å². The summed E-state index contributed by atoms with van der Waals surface area (Å²) in [6.07, 6.45) is 0. The van der Waals surface area contributed by atoms with Crippen molar-refractivity contribution in [3.05, 3.63) is 65.2 Å². The summed E-state index contributed by atoms with van der Waals surface area (Å²) in [6.45, 7) is 6.57. The second-order valence-corrected chi connectivity index (χ2v) is 10.6. The molecule has 1 N–H and O–H groups in total. The lowest BCUT2D eigenvalue weighted by Crippen LogP contribution is -2.50. The monoisotopic (exact) mass is 454 g/mol. The quantitative estimate of drug-likeness (QED) is 0.762. The highest BCUT2D eigenvalue weighted by atomic mass is 32.2. The molecule has 1 fully saturated rings. The van der Waals surface area contributed by atoms with Crippen LogP contribution in [0.2, 0.25) is 0 Å². The molecule has 1 aliphatic heterocycles. The third kappa shape index (κ3) is 5.33. The van der Waals surface area contributed by atoms with Gasteiger partial charge in [0, 0.05) is 42.8 Å². The number of hydrogen-bond acceptors (Lipinski definition) is 5. The van der Waals surface area contributed by atoms with E-state index in [0.717, 1.165) is 0 Å². The molecule has 0 spiro atoms. The lowest BCUT2D eigenvalue weighted by atomic mass is 10.1. The molecule has 3 rings (SSSR count). The minimum absolute atomic E-state index is 0.125. The van der Waals surface area contributed by atoms with Gasteiger partial charge in [-0.05, 0) is 69.3 Å². The Bertz CT molecular complexity index is 1140. The van der Waals surface area contributed by atoms with Gasteiger partial charge in [0.05, 0.1) is 16.5 Å². The molecule has 1 saturated heterocycles. The maximum absolute atomic E-state index is 12.8. The zero-order valence-electron chi connectivity index (χ0n) is 18.3. The van der Waals surface area contributed by atoms with Crippen molar-refractivity contribution in [3.8, 4) is 6.07 Å². The summed E-state index contributed by atoms with van der Waals surface area (Å²) in [5.74, 6) is -0.415. The fraction of sp³-hybridized carbons (Fsp3) is 0.348. The second kappa shape index (κ2) is 9.10. The van der Waals surface area contributed by atoms with Crippen LogP contribution in [0.1, 0.15) is 47.1 Å². The van der Waals surface area contributed by atoms with Gasteiger partial charge in [-0.1, -0.05) is 0 Å². The van der Waals surface area contributed by atoms with Crippen molar-refractivity contribution >= 4 is 21.8 Å². The molecule has 168 valence electrons. The minimum Gasteiger partial charge on any atom is -0.347 e. The molecule has 0 saturated carbocycles. The van der Waals surface area contributed by atoms with E-state index < -0.39 is 10.0 Å². The first-order chi connectivity index (χ1) is 15.0. The summed E-state index contributed by atoms with van der Waals surface area (Å²) in [5, 5.41) is 11.7. The highest BCUT2D eigenvalue weighted by molar-refractivity contribution is 7.89. The molecule has 9 heteroatoms. The summed E-state index contributed by atoms with van der Waals surface area (Å²) in [6, 6.07) is 14.2. The van der Waals surface area contributed by atoms with Crippen LogP contribution in [0.3, 0.4) is 0 Å². The van der Waals surface area contributed by atoms with Gasteiger partial charge >= 0.3 is 0 Å². The highest BCUT2D eigenvalue weighted by Crippen LogP contribution is 2.19. The molecule has 0 atom stereocenters. The number of nitriles is 1. The summed E-state index contributed by atoms with van der Waals surface area (Å²) >= 11 is 0. The van der Waals surface area contributed by atoms with Crippen LogP contribution in [-0.2, 0) is 10.0 Å². The zero-order valence-corrected chi connectivity index (χ0v) is 19.1.